The minimum absolute atomic E-state index is 0.209. The molecule has 0 unspecified atom stereocenters. The number of hydrogen-bond donors (Lipinski definition) is 1. The van der Waals surface area contributed by atoms with E-state index in [0.717, 1.165) is 43.1 Å². The monoisotopic (exact) mass is 276 g/mol. The zero-order valence-corrected chi connectivity index (χ0v) is 11.9. The molecule has 1 fully saturated rings. The summed E-state index contributed by atoms with van der Waals surface area (Å²) in [5.74, 6) is 0.792. The molecule has 2 aromatic rings. The van der Waals surface area contributed by atoms with E-state index in [2.05, 4.69) is 29.1 Å². The van der Waals surface area contributed by atoms with Gasteiger partial charge in [-0.2, -0.15) is 10.2 Å². The van der Waals surface area contributed by atoms with Gasteiger partial charge in [-0.05, 0) is 13.8 Å². The van der Waals surface area contributed by atoms with E-state index in [1.165, 1.54) is 0 Å². The summed E-state index contributed by atoms with van der Waals surface area (Å²) in [6, 6.07) is 0.339. The van der Waals surface area contributed by atoms with Crippen molar-refractivity contribution in [1.29, 1.82) is 0 Å². The fourth-order valence-corrected chi connectivity index (χ4v) is 2.29. The van der Waals surface area contributed by atoms with Crippen molar-refractivity contribution in [1.82, 2.24) is 20.0 Å². The van der Waals surface area contributed by atoms with Crippen LogP contribution in [0.5, 0.6) is 5.75 Å². The second kappa shape index (κ2) is 5.66. The first-order valence-electron chi connectivity index (χ1n) is 7.06. The number of hydrogen-bond acceptors (Lipinski definition) is 4. The van der Waals surface area contributed by atoms with E-state index >= 15 is 0 Å². The third-order valence-corrected chi connectivity index (χ3v) is 3.49. The summed E-state index contributed by atoms with van der Waals surface area (Å²) in [7, 11) is 0. The van der Waals surface area contributed by atoms with Crippen molar-refractivity contribution >= 4 is 0 Å². The van der Waals surface area contributed by atoms with Gasteiger partial charge < -0.3 is 9.47 Å². The number of aromatic amines is 1. The SMILES string of the molecule is CC(C)n1cc(-c2[nH]ncc2OC2CCOCC2)cn1. The summed E-state index contributed by atoms with van der Waals surface area (Å²) < 4.78 is 13.3. The molecule has 0 spiro atoms. The van der Waals surface area contributed by atoms with Crippen molar-refractivity contribution in [3.63, 3.8) is 0 Å². The van der Waals surface area contributed by atoms with Gasteiger partial charge in [0, 0.05) is 30.6 Å². The van der Waals surface area contributed by atoms with Crippen LogP contribution < -0.4 is 4.74 Å². The molecule has 0 aliphatic carbocycles. The molecule has 1 saturated heterocycles. The van der Waals surface area contributed by atoms with Crippen LogP contribution in [0.4, 0.5) is 0 Å². The van der Waals surface area contributed by atoms with Crippen LogP contribution in [0.3, 0.4) is 0 Å². The van der Waals surface area contributed by atoms with E-state index in [1.54, 1.807) is 6.20 Å². The minimum Gasteiger partial charge on any atom is -0.486 e. The van der Waals surface area contributed by atoms with Gasteiger partial charge in [-0.3, -0.25) is 9.78 Å². The summed E-state index contributed by atoms with van der Waals surface area (Å²) in [6.07, 6.45) is 7.64. The van der Waals surface area contributed by atoms with Crippen molar-refractivity contribution in [3.05, 3.63) is 18.6 Å². The Labute approximate surface area is 118 Å². The highest BCUT2D eigenvalue weighted by Gasteiger charge is 2.19. The summed E-state index contributed by atoms with van der Waals surface area (Å²) in [6.45, 7) is 5.73. The van der Waals surface area contributed by atoms with Gasteiger partial charge in [-0.15, -0.1) is 0 Å². The smallest absolute Gasteiger partial charge is 0.165 e. The fraction of sp³-hybridized carbons (Fsp3) is 0.571. The maximum atomic E-state index is 6.04. The van der Waals surface area contributed by atoms with Crippen LogP contribution in [-0.4, -0.2) is 39.3 Å². The van der Waals surface area contributed by atoms with Crippen molar-refractivity contribution in [3.8, 4) is 17.0 Å². The Balaban J connectivity index is 1.78. The van der Waals surface area contributed by atoms with Crippen LogP contribution >= 0.6 is 0 Å². The molecule has 108 valence electrons. The Hall–Kier alpha value is -1.82. The molecule has 0 radical (unpaired) electrons. The highest BCUT2D eigenvalue weighted by atomic mass is 16.5. The summed E-state index contributed by atoms with van der Waals surface area (Å²) in [5, 5.41) is 11.5. The molecule has 0 bridgehead atoms. The van der Waals surface area contributed by atoms with Gasteiger partial charge in [-0.25, -0.2) is 0 Å². The third kappa shape index (κ3) is 2.70. The molecule has 1 aliphatic heterocycles. The Morgan fingerprint density at radius 1 is 1.35 bits per heavy atom. The molecular formula is C14H20N4O2. The maximum Gasteiger partial charge on any atom is 0.165 e. The van der Waals surface area contributed by atoms with Crippen molar-refractivity contribution in [2.45, 2.75) is 38.8 Å². The molecule has 6 nitrogen and oxygen atoms in total. The first-order chi connectivity index (χ1) is 9.74. The zero-order valence-electron chi connectivity index (χ0n) is 11.9. The highest BCUT2D eigenvalue weighted by molar-refractivity contribution is 5.64. The van der Waals surface area contributed by atoms with Gasteiger partial charge in [0.15, 0.2) is 5.75 Å². The molecule has 2 aromatic heterocycles. The predicted octanol–water partition coefficient (Wildman–Crippen LogP) is 2.41. The number of H-pyrrole nitrogens is 1. The first kappa shape index (κ1) is 13.2. The summed E-state index contributed by atoms with van der Waals surface area (Å²) in [5.41, 5.74) is 1.89. The average molecular weight is 276 g/mol. The Bertz CT molecular complexity index is 555. The highest BCUT2D eigenvalue weighted by Crippen LogP contribution is 2.29. The predicted molar refractivity (Wildman–Crippen MR) is 74.7 cm³/mol. The Kier molecular flexibility index (Phi) is 3.73. The van der Waals surface area contributed by atoms with Gasteiger partial charge >= 0.3 is 0 Å². The van der Waals surface area contributed by atoms with Crippen LogP contribution in [0.15, 0.2) is 18.6 Å². The number of nitrogens with zero attached hydrogens (tertiary/aromatic N) is 3. The number of aromatic nitrogens is 4. The Morgan fingerprint density at radius 3 is 2.85 bits per heavy atom. The number of rotatable bonds is 4. The molecule has 0 amide bonds. The van der Waals surface area contributed by atoms with Crippen LogP contribution in [-0.2, 0) is 4.74 Å². The number of nitrogens with one attached hydrogen (secondary N) is 1. The Morgan fingerprint density at radius 2 is 2.15 bits per heavy atom. The van der Waals surface area contributed by atoms with Gasteiger partial charge in [0.05, 0.1) is 25.6 Å². The van der Waals surface area contributed by atoms with E-state index in [0.29, 0.717) is 6.04 Å². The lowest BCUT2D eigenvalue weighted by Gasteiger charge is -2.22. The van der Waals surface area contributed by atoms with Crippen molar-refractivity contribution < 1.29 is 9.47 Å². The van der Waals surface area contributed by atoms with E-state index in [9.17, 15) is 0 Å². The quantitative estimate of drug-likeness (QED) is 0.931. The lowest BCUT2D eigenvalue weighted by Crippen LogP contribution is -2.25. The summed E-state index contributed by atoms with van der Waals surface area (Å²) in [4.78, 5) is 0. The van der Waals surface area contributed by atoms with Gasteiger partial charge in [0.25, 0.3) is 0 Å². The minimum atomic E-state index is 0.209. The lowest BCUT2D eigenvalue weighted by atomic mass is 10.1. The standard InChI is InChI=1S/C14H20N4O2/c1-10(2)18-9-11(7-16-18)14-13(8-15-17-14)20-12-3-5-19-6-4-12/h7-10,12H,3-6H2,1-2H3,(H,15,17). The van der Waals surface area contributed by atoms with Crippen LogP contribution in [0.1, 0.15) is 32.7 Å². The molecule has 0 saturated carbocycles. The molecule has 3 rings (SSSR count). The van der Waals surface area contributed by atoms with Gasteiger partial charge in [0.1, 0.15) is 11.8 Å². The number of ether oxygens (including phenoxy) is 2. The second-order valence-corrected chi connectivity index (χ2v) is 5.34. The molecule has 0 atom stereocenters. The fourth-order valence-electron chi connectivity index (χ4n) is 2.29. The average Bonchev–Trinajstić information content (AvgIpc) is 3.08. The zero-order chi connectivity index (χ0) is 13.9. The molecule has 1 aliphatic rings. The maximum absolute atomic E-state index is 6.04. The molecule has 0 aromatic carbocycles. The molecule has 20 heavy (non-hydrogen) atoms. The normalized spacial score (nSPS) is 16.8. The van der Waals surface area contributed by atoms with Crippen LogP contribution in [0.2, 0.25) is 0 Å². The van der Waals surface area contributed by atoms with E-state index in [-0.39, 0.29) is 6.10 Å². The van der Waals surface area contributed by atoms with Gasteiger partial charge in [0.2, 0.25) is 0 Å². The van der Waals surface area contributed by atoms with Crippen LogP contribution in [0.25, 0.3) is 11.3 Å². The second-order valence-electron chi connectivity index (χ2n) is 5.34. The van der Waals surface area contributed by atoms with Crippen molar-refractivity contribution in [2.75, 3.05) is 13.2 Å². The lowest BCUT2D eigenvalue weighted by molar-refractivity contribution is 0.0258. The van der Waals surface area contributed by atoms with Crippen molar-refractivity contribution in [2.24, 2.45) is 0 Å². The topological polar surface area (TPSA) is 65.0 Å². The molecule has 3 heterocycles. The molecule has 1 N–H and O–H groups in total. The summed E-state index contributed by atoms with van der Waals surface area (Å²) >= 11 is 0. The largest absolute Gasteiger partial charge is 0.486 e. The third-order valence-electron chi connectivity index (χ3n) is 3.49. The first-order valence-corrected chi connectivity index (χ1v) is 7.06. The molecular weight excluding hydrogens is 256 g/mol. The van der Waals surface area contributed by atoms with E-state index in [4.69, 9.17) is 9.47 Å². The van der Waals surface area contributed by atoms with E-state index < -0.39 is 0 Å². The molecule has 6 heteroatoms. The van der Waals surface area contributed by atoms with E-state index in [1.807, 2.05) is 17.1 Å². The van der Waals surface area contributed by atoms with Gasteiger partial charge in [-0.1, -0.05) is 0 Å². The van der Waals surface area contributed by atoms with Crippen LogP contribution in [0, 0.1) is 0 Å².